The Labute approximate surface area is 320 Å². The molecule has 6 rings (SSSR count). The number of nitrogens with zero attached hydrogens (tertiary/aromatic N) is 1. The number of ether oxygens (including phenoxy) is 1. The van der Waals surface area contributed by atoms with Crippen LogP contribution in [-0.2, 0) is 34.0 Å². The van der Waals surface area contributed by atoms with E-state index < -0.39 is 32.3 Å². The molecule has 5 aromatic carbocycles. The summed E-state index contributed by atoms with van der Waals surface area (Å²) < 4.78 is 50.5. The summed E-state index contributed by atoms with van der Waals surface area (Å²) in [5.41, 5.74) is 4.91. The number of carbonyl (C=O) groups is 1. The van der Waals surface area contributed by atoms with Crippen molar-refractivity contribution in [3.05, 3.63) is 164 Å². The van der Waals surface area contributed by atoms with E-state index in [4.69, 9.17) is 39.5 Å². The summed E-state index contributed by atoms with van der Waals surface area (Å²) in [6.07, 6.45) is 0.716. The summed E-state index contributed by atoms with van der Waals surface area (Å²) in [7, 11) is -3.99. The number of sulfonamides is 1. The topological polar surface area (TPSA) is 121 Å². The van der Waals surface area contributed by atoms with E-state index in [0.717, 1.165) is 33.3 Å². The molecule has 0 aliphatic carbocycles. The summed E-state index contributed by atoms with van der Waals surface area (Å²) >= 11 is 16.8. The average Bonchev–Trinajstić information content (AvgIpc) is 3.41. The quantitative estimate of drug-likeness (QED) is 0.100. The molecule has 0 aliphatic rings. The zero-order chi connectivity index (χ0) is 36.8. The molecule has 0 aliphatic heterocycles. The van der Waals surface area contributed by atoms with Crippen LogP contribution in [-0.4, -0.2) is 46.9 Å². The number of rotatable bonds is 15. The van der Waals surface area contributed by atoms with Gasteiger partial charge in [0.25, 0.3) is 10.0 Å². The number of hydrogen-bond acceptors (Lipinski definition) is 5. The van der Waals surface area contributed by atoms with Gasteiger partial charge in [-0.25, -0.2) is 17.9 Å². The van der Waals surface area contributed by atoms with Gasteiger partial charge in [-0.3, -0.25) is 0 Å². The highest BCUT2D eigenvalue weighted by atomic mass is 35.5. The molecule has 6 aromatic rings. The number of benzene rings is 5. The molecule has 0 radical (unpaired) electrons. The van der Waals surface area contributed by atoms with Crippen LogP contribution < -0.4 is 9.46 Å². The molecule has 1 unspecified atom stereocenters. The normalized spacial score (nSPS) is 12.3. The summed E-state index contributed by atoms with van der Waals surface area (Å²) in [4.78, 5) is 11.6. The molecular weight excluding hydrogens is 763 g/mol. The Morgan fingerprint density at radius 2 is 1.48 bits per heavy atom. The second kappa shape index (κ2) is 16.8. The molecule has 2 N–H and O–H groups in total. The summed E-state index contributed by atoms with van der Waals surface area (Å²) in [5, 5.41) is 10.5. The number of halogens is 3. The van der Waals surface area contributed by atoms with E-state index in [2.05, 4.69) is 33.6 Å². The van der Waals surface area contributed by atoms with Crippen molar-refractivity contribution in [1.29, 1.82) is 0 Å². The molecule has 1 heterocycles. The van der Waals surface area contributed by atoms with Gasteiger partial charge in [0.2, 0.25) is 5.08 Å². The van der Waals surface area contributed by atoms with E-state index in [1.165, 1.54) is 30.3 Å². The number of hydrogen-bond donors (Lipinski definition) is 2. The van der Waals surface area contributed by atoms with Crippen LogP contribution >= 0.6 is 34.8 Å². The van der Waals surface area contributed by atoms with Crippen molar-refractivity contribution >= 4 is 72.9 Å². The SMILES string of the molecule is O=C(O)c1ccc(OCCc2c(CCNS(=O)(=O)C[S+]([O-])c3ccc(Cl)c(Cl)c3)n(C(c3ccccc3)c3ccccc3)c3ccc(Cl)cc23)cc1. The van der Waals surface area contributed by atoms with Crippen LogP contribution in [0, 0.1) is 0 Å². The van der Waals surface area contributed by atoms with Gasteiger partial charge in [-0.1, -0.05) is 95.5 Å². The van der Waals surface area contributed by atoms with Gasteiger partial charge < -0.3 is 19.0 Å². The van der Waals surface area contributed by atoms with Gasteiger partial charge in [-0.05, 0) is 71.3 Å². The minimum atomic E-state index is -3.99. The van der Waals surface area contributed by atoms with Crippen LogP contribution in [0.1, 0.15) is 38.8 Å². The zero-order valence-electron chi connectivity index (χ0n) is 27.5. The standard InChI is InChI=1S/C39H33Cl3N2O6S2/c40-29-13-18-36-33(23-29)32(20-22-50-30-14-11-28(12-15-30)39(45)46)37(44(36)38(26-7-3-1-4-8-26)27-9-5-2-6-10-27)19-21-43-52(48,49)25-51(47)31-16-17-34(41)35(42)24-31/h1-18,23-24,38,43H,19-22,25H2,(H,45,46). The molecule has 8 nitrogen and oxygen atoms in total. The van der Waals surface area contributed by atoms with Gasteiger partial charge in [0.05, 0.1) is 28.3 Å². The Bertz CT molecular complexity index is 2250. The van der Waals surface area contributed by atoms with Gasteiger partial charge in [0, 0.05) is 58.2 Å². The first-order valence-electron chi connectivity index (χ1n) is 16.2. The number of aromatic nitrogens is 1. The highest BCUT2D eigenvalue weighted by Crippen LogP contribution is 2.38. The Morgan fingerprint density at radius 3 is 2.10 bits per heavy atom. The highest BCUT2D eigenvalue weighted by Gasteiger charge is 2.27. The Hall–Kier alpha value is -4.00. The van der Waals surface area contributed by atoms with Crippen LogP contribution in [0.25, 0.3) is 10.9 Å². The largest absolute Gasteiger partial charge is 0.611 e. The van der Waals surface area contributed by atoms with Gasteiger partial charge >= 0.3 is 5.97 Å². The fourth-order valence-corrected chi connectivity index (χ4v) is 9.59. The molecule has 0 amide bonds. The highest BCUT2D eigenvalue weighted by molar-refractivity contribution is 8.07. The van der Waals surface area contributed by atoms with Crippen molar-refractivity contribution in [3.63, 3.8) is 0 Å². The van der Waals surface area contributed by atoms with Crippen LogP contribution in [0.3, 0.4) is 0 Å². The fourth-order valence-electron chi connectivity index (χ4n) is 6.17. The van der Waals surface area contributed by atoms with Crippen LogP contribution in [0.4, 0.5) is 0 Å². The lowest BCUT2D eigenvalue weighted by atomic mass is 9.97. The number of nitrogens with one attached hydrogen (secondary N) is 1. The third-order valence-electron chi connectivity index (χ3n) is 8.49. The van der Waals surface area contributed by atoms with Crippen molar-refractivity contribution in [2.75, 3.05) is 18.2 Å². The van der Waals surface area contributed by atoms with Crippen molar-refractivity contribution < 1.29 is 27.6 Å². The first kappa shape index (κ1) is 37.7. The molecule has 0 spiro atoms. The maximum Gasteiger partial charge on any atom is 0.335 e. The first-order chi connectivity index (χ1) is 25.0. The monoisotopic (exact) mass is 794 g/mol. The van der Waals surface area contributed by atoms with Crippen molar-refractivity contribution in [2.24, 2.45) is 0 Å². The number of carboxylic acid groups (broad SMARTS) is 1. The maximum absolute atomic E-state index is 13.3. The third kappa shape index (κ3) is 8.95. The van der Waals surface area contributed by atoms with Gasteiger partial charge in [-0.15, -0.1) is 0 Å². The molecule has 13 heteroatoms. The number of fused-ring (bicyclic) bond motifs is 1. The predicted molar refractivity (Wildman–Crippen MR) is 208 cm³/mol. The summed E-state index contributed by atoms with van der Waals surface area (Å²) in [6, 6.07) is 36.1. The molecular formula is C39H33Cl3N2O6S2. The van der Waals surface area contributed by atoms with E-state index in [1.807, 2.05) is 54.6 Å². The third-order valence-corrected chi connectivity index (χ3v) is 13.0. The second-order valence-corrected chi connectivity index (χ2v) is 16.8. The number of carboxylic acids is 1. The van der Waals surface area contributed by atoms with E-state index in [9.17, 15) is 22.9 Å². The van der Waals surface area contributed by atoms with Crippen LogP contribution in [0.15, 0.2) is 126 Å². The molecule has 0 saturated heterocycles. The maximum atomic E-state index is 13.3. The molecule has 1 atom stereocenters. The molecule has 0 fully saturated rings. The van der Waals surface area contributed by atoms with Crippen molar-refractivity contribution in [3.8, 4) is 5.75 Å². The van der Waals surface area contributed by atoms with Gasteiger partial charge in [-0.2, -0.15) is 0 Å². The lowest BCUT2D eigenvalue weighted by Gasteiger charge is -2.25. The smallest absolute Gasteiger partial charge is 0.335 e. The summed E-state index contributed by atoms with van der Waals surface area (Å²) in [6.45, 7) is 0.270. The van der Waals surface area contributed by atoms with E-state index in [0.29, 0.717) is 17.2 Å². The molecule has 0 bridgehead atoms. The van der Waals surface area contributed by atoms with Crippen LogP contribution in [0.2, 0.25) is 15.1 Å². The van der Waals surface area contributed by atoms with Crippen molar-refractivity contribution in [1.82, 2.24) is 9.29 Å². The Kier molecular flexibility index (Phi) is 12.2. The zero-order valence-corrected chi connectivity index (χ0v) is 31.4. The number of aromatic carboxylic acids is 1. The van der Waals surface area contributed by atoms with Crippen LogP contribution in [0.5, 0.6) is 5.75 Å². The Morgan fingerprint density at radius 1 is 0.827 bits per heavy atom. The second-order valence-electron chi connectivity index (χ2n) is 11.9. The van der Waals surface area contributed by atoms with Crippen molar-refractivity contribution in [2.45, 2.75) is 23.8 Å². The van der Waals surface area contributed by atoms with Gasteiger partial charge in [0.1, 0.15) is 5.75 Å². The first-order valence-corrected chi connectivity index (χ1v) is 20.3. The predicted octanol–water partition coefficient (Wildman–Crippen LogP) is 8.79. The molecule has 268 valence electrons. The fraction of sp³-hybridized carbons (Fsp3) is 0.154. The average molecular weight is 796 g/mol. The molecule has 1 aromatic heterocycles. The molecule has 0 saturated carbocycles. The Balaban J connectivity index is 1.37. The van der Waals surface area contributed by atoms with E-state index in [-0.39, 0.29) is 46.1 Å². The lowest BCUT2D eigenvalue weighted by molar-refractivity contribution is 0.0696. The van der Waals surface area contributed by atoms with E-state index >= 15 is 0 Å². The molecule has 52 heavy (non-hydrogen) atoms. The summed E-state index contributed by atoms with van der Waals surface area (Å²) in [5.74, 6) is -0.508. The van der Waals surface area contributed by atoms with E-state index in [1.54, 1.807) is 12.1 Å². The lowest BCUT2D eigenvalue weighted by Crippen LogP contribution is -2.32. The minimum Gasteiger partial charge on any atom is -0.611 e. The van der Waals surface area contributed by atoms with Gasteiger partial charge in [0.15, 0.2) is 4.90 Å². The minimum absolute atomic E-state index is 0.0196.